The van der Waals surface area contributed by atoms with Gasteiger partial charge in [-0.15, -0.1) is 0 Å². The Balaban J connectivity index is 3.19. The van der Waals surface area contributed by atoms with Crippen molar-refractivity contribution in [1.82, 2.24) is 0 Å². The van der Waals surface area contributed by atoms with Crippen molar-refractivity contribution in [2.24, 2.45) is 0 Å². The van der Waals surface area contributed by atoms with E-state index in [0.29, 0.717) is 15.6 Å². The molecule has 1 aromatic carbocycles. The maximum Gasteiger partial charge on any atom is 0.337 e. The molecule has 0 fully saturated rings. The summed E-state index contributed by atoms with van der Waals surface area (Å²) in [6.45, 7) is 1.71. The summed E-state index contributed by atoms with van der Waals surface area (Å²) in [5.74, 6) is -1.33. The highest BCUT2D eigenvalue weighted by molar-refractivity contribution is 6.36. The fraction of sp³-hybridized carbons (Fsp3) is 0.222. The van der Waals surface area contributed by atoms with Crippen molar-refractivity contribution in [3.63, 3.8) is 0 Å². The molecule has 0 aliphatic heterocycles. The predicted molar refractivity (Wildman–Crippen MR) is 53.8 cm³/mol. The molecule has 1 aromatic rings. The van der Waals surface area contributed by atoms with Gasteiger partial charge in [-0.2, -0.15) is 0 Å². The van der Waals surface area contributed by atoms with Gasteiger partial charge in [-0.1, -0.05) is 23.2 Å². The lowest BCUT2D eigenvalue weighted by molar-refractivity contribution is -0.146. The van der Waals surface area contributed by atoms with Crippen LogP contribution in [-0.4, -0.2) is 16.2 Å². The fourth-order valence-corrected chi connectivity index (χ4v) is 1.47. The fourth-order valence-electron chi connectivity index (χ4n) is 0.965. The minimum Gasteiger partial charge on any atom is -0.479 e. The van der Waals surface area contributed by atoms with Gasteiger partial charge < -0.3 is 10.2 Å². The Morgan fingerprint density at radius 3 is 2.14 bits per heavy atom. The van der Waals surface area contributed by atoms with Gasteiger partial charge in [0.1, 0.15) is 0 Å². The van der Waals surface area contributed by atoms with Crippen LogP contribution in [0.4, 0.5) is 0 Å². The lowest BCUT2D eigenvalue weighted by Crippen LogP contribution is -2.10. The van der Waals surface area contributed by atoms with Crippen molar-refractivity contribution >= 4 is 29.2 Å². The van der Waals surface area contributed by atoms with Gasteiger partial charge in [-0.3, -0.25) is 0 Å². The minimum atomic E-state index is -1.59. The maximum atomic E-state index is 10.5. The third-order valence-electron chi connectivity index (χ3n) is 1.85. The Hall–Kier alpha value is -0.770. The summed E-state index contributed by atoms with van der Waals surface area (Å²) in [6.07, 6.45) is -1.59. The molecule has 0 spiro atoms. The summed E-state index contributed by atoms with van der Waals surface area (Å²) in [7, 11) is 0. The Morgan fingerprint density at radius 2 is 1.79 bits per heavy atom. The zero-order valence-electron chi connectivity index (χ0n) is 7.29. The molecule has 1 atom stereocenters. The van der Waals surface area contributed by atoms with Crippen LogP contribution in [0.5, 0.6) is 0 Å². The molecule has 0 radical (unpaired) electrons. The first-order chi connectivity index (χ1) is 6.43. The molecule has 2 N–H and O–H groups in total. The largest absolute Gasteiger partial charge is 0.479 e. The summed E-state index contributed by atoms with van der Waals surface area (Å²) < 4.78 is 0. The van der Waals surface area contributed by atoms with Gasteiger partial charge in [-0.05, 0) is 30.2 Å². The van der Waals surface area contributed by atoms with Gasteiger partial charge in [0.25, 0.3) is 0 Å². The van der Waals surface area contributed by atoms with E-state index in [4.69, 9.17) is 28.3 Å². The number of rotatable bonds is 2. The number of aliphatic hydroxyl groups excluding tert-OH is 1. The summed E-state index contributed by atoms with van der Waals surface area (Å²) in [6, 6.07) is 2.78. The SMILES string of the molecule is Cc1c(Cl)cc(C(O)C(=O)O)cc1Cl. The number of aliphatic carboxylic acids is 1. The van der Waals surface area contributed by atoms with Crippen molar-refractivity contribution in [2.45, 2.75) is 13.0 Å². The van der Waals surface area contributed by atoms with Gasteiger partial charge in [0.2, 0.25) is 0 Å². The number of aliphatic hydroxyl groups is 1. The molecule has 3 nitrogen and oxygen atoms in total. The lowest BCUT2D eigenvalue weighted by Gasteiger charge is -2.09. The van der Waals surface area contributed by atoms with Crippen LogP contribution in [0.25, 0.3) is 0 Å². The Bertz CT molecular complexity index is 353. The van der Waals surface area contributed by atoms with E-state index < -0.39 is 12.1 Å². The highest BCUT2D eigenvalue weighted by Gasteiger charge is 2.17. The van der Waals surface area contributed by atoms with E-state index in [-0.39, 0.29) is 5.56 Å². The monoisotopic (exact) mass is 234 g/mol. The zero-order chi connectivity index (χ0) is 10.9. The van der Waals surface area contributed by atoms with Crippen molar-refractivity contribution < 1.29 is 15.0 Å². The molecule has 0 aromatic heterocycles. The number of carboxylic acid groups (broad SMARTS) is 1. The average molecular weight is 235 g/mol. The molecule has 14 heavy (non-hydrogen) atoms. The van der Waals surface area contributed by atoms with Crippen LogP contribution in [0.15, 0.2) is 12.1 Å². The standard InChI is InChI=1S/C9H8Cl2O3/c1-4-6(10)2-5(3-7(4)11)8(12)9(13)14/h2-3,8,12H,1H3,(H,13,14). The Kier molecular flexibility index (Phi) is 3.37. The second kappa shape index (κ2) is 4.17. The quantitative estimate of drug-likeness (QED) is 0.827. The van der Waals surface area contributed by atoms with Gasteiger partial charge in [0.05, 0.1) is 0 Å². The molecule has 0 bridgehead atoms. The van der Waals surface area contributed by atoms with Crippen molar-refractivity contribution in [3.8, 4) is 0 Å². The smallest absolute Gasteiger partial charge is 0.337 e. The minimum absolute atomic E-state index is 0.179. The normalized spacial score (nSPS) is 12.6. The first-order valence-electron chi connectivity index (χ1n) is 3.80. The van der Waals surface area contributed by atoms with Gasteiger partial charge >= 0.3 is 5.97 Å². The predicted octanol–water partition coefficient (Wildman–Crippen LogP) is 2.42. The number of benzene rings is 1. The second-order valence-electron chi connectivity index (χ2n) is 2.85. The highest BCUT2D eigenvalue weighted by atomic mass is 35.5. The van der Waals surface area contributed by atoms with Crippen molar-refractivity contribution in [3.05, 3.63) is 33.3 Å². The summed E-state index contributed by atoms with van der Waals surface area (Å²) >= 11 is 11.6. The van der Waals surface area contributed by atoms with E-state index in [1.807, 2.05) is 0 Å². The van der Waals surface area contributed by atoms with E-state index in [0.717, 1.165) is 0 Å². The number of hydrogen-bond acceptors (Lipinski definition) is 2. The Labute approximate surface area is 90.9 Å². The molecule has 1 unspecified atom stereocenters. The van der Waals surface area contributed by atoms with Crippen LogP contribution < -0.4 is 0 Å². The zero-order valence-corrected chi connectivity index (χ0v) is 8.80. The average Bonchev–Trinajstić information content (AvgIpc) is 2.12. The molecule has 0 amide bonds. The van der Waals surface area contributed by atoms with Crippen LogP contribution in [0, 0.1) is 6.92 Å². The third kappa shape index (κ3) is 2.18. The molecular weight excluding hydrogens is 227 g/mol. The number of hydrogen-bond donors (Lipinski definition) is 2. The first-order valence-corrected chi connectivity index (χ1v) is 4.55. The van der Waals surface area contributed by atoms with Crippen LogP contribution in [0.2, 0.25) is 10.0 Å². The van der Waals surface area contributed by atoms with E-state index in [2.05, 4.69) is 0 Å². The molecule has 0 saturated carbocycles. The lowest BCUT2D eigenvalue weighted by atomic mass is 10.1. The van der Waals surface area contributed by atoms with Crippen molar-refractivity contribution in [1.29, 1.82) is 0 Å². The number of halogens is 2. The second-order valence-corrected chi connectivity index (χ2v) is 3.66. The topological polar surface area (TPSA) is 57.5 Å². The summed E-state index contributed by atoms with van der Waals surface area (Å²) in [4.78, 5) is 10.5. The van der Waals surface area contributed by atoms with Crippen LogP contribution in [0.1, 0.15) is 17.2 Å². The van der Waals surface area contributed by atoms with E-state index >= 15 is 0 Å². The van der Waals surface area contributed by atoms with Gasteiger partial charge in [-0.25, -0.2) is 4.79 Å². The Morgan fingerprint density at radius 1 is 1.36 bits per heavy atom. The molecule has 0 heterocycles. The molecule has 0 aliphatic rings. The highest BCUT2D eigenvalue weighted by Crippen LogP contribution is 2.28. The molecule has 0 saturated heterocycles. The molecule has 1 rings (SSSR count). The van der Waals surface area contributed by atoms with Crippen molar-refractivity contribution in [2.75, 3.05) is 0 Å². The van der Waals surface area contributed by atoms with Gasteiger partial charge in [0.15, 0.2) is 6.10 Å². The molecular formula is C9H8Cl2O3. The van der Waals surface area contributed by atoms with E-state index in [1.165, 1.54) is 12.1 Å². The van der Waals surface area contributed by atoms with Crippen LogP contribution in [0.3, 0.4) is 0 Å². The summed E-state index contributed by atoms with van der Waals surface area (Å²) in [5.41, 5.74) is 0.841. The van der Waals surface area contributed by atoms with E-state index in [1.54, 1.807) is 6.92 Å². The first kappa shape index (κ1) is 11.3. The summed E-state index contributed by atoms with van der Waals surface area (Å²) in [5, 5.41) is 18.5. The van der Waals surface area contributed by atoms with Crippen LogP contribution in [-0.2, 0) is 4.79 Å². The number of carboxylic acids is 1. The molecule has 76 valence electrons. The van der Waals surface area contributed by atoms with Crippen LogP contribution >= 0.6 is 23.2 Å². The maximum absolute atomic E-state index is 10.5. The van der Waals surface area contributed by atoms with E-state index in [9.17, 15) is 9.90 Å². The molecule has 5 heteroatoms. The number of carbonyl (C=O) groups is 1. The third-order valence-corrected chi connectivity index (χ3v) is 2.64. The molecule has 0 aliphatic carbocycles. The van der Waals surface area contributed by atoms with Gasteiger partial charge in [0, 0.05) is 10.0 Å².